The zero-order valence-corrected chi connectivity index (χ0v) is 17.4. The molecule has 1 aliphatic carbocycles. The predicted octanol–water partition coefficient (Wildman–Crippen LogP) is 3.60. The lowest BCUT2D eigenvalue weighted by Gasteiger charge is -2.33. The maximum absolute atomic E-state index is 4.78. The third kappa shape index (κ3) is 4.10. The fourth-order valence-electron chi connectivity index (χ4n) is 4.03. The molecule has 3 heterocycles. The molecule has 0 amide bonds. The number of nitrogens with one attached hydrogen (secondary N) is 1. The summed E-state index contributed by atoms with van der Waals surface area (Å²) in [5.41, 5.74) is 6.97. The molecule has 5 heteroatoms. The van der Waals surface area contributed by atoms with E-state index in [1.807, 2.05) is 31.7 Å². The van der Waals surface area contributed by atoms with E-state index in [1.165, 1.54) is 16.7 Å². The highest BCUT2D eigenvalue weighted by atomic mass is 15.3. The summed E-state index contributed by atoms with van der Waals surface area (Å²) in [4.78, 5) is 14.2. The number of aromatic nitrogens is 2. The van der Waals surface area contributed by atoms with Gasteiger partial charge in [0.05, 0.1) is 0 Å². The van der Waals surface area contributed by atoms with Crippen LogP contribution in [-0.2, 0) is 6.42 Å². The second-order valence-electron chi connectivity index (χ2n) is 7.66. The molecule has 29 heavy (non-hydrogen) atoms. The van der Waals surface area contributed by atoms with Gasteiger partial charge in [0.25, 0.3) is 0 Å². The van der Waals surface area contributed by atoms with Crippen molar-refractivity contribution in [3.63, 3.8) is 0 Å². The Morgan fingerprint density at radius 3 is 2.79 bits per heavy atom. The van der Waals surface area contributed by atoms with E-state index in [0.717, 1.165) is 61.7 Å². The Morgan fingerprint density at radius 1 is 1.21 bits per heavy atom. The summed E-state index contributed by atoms with van der Waals surface area (Å²) in [6, 6.07) is 6.59. The van der Waals surface area contributed by atoms with Crippen LogP contribution in [0.3, 0.4) is 0 Å². The molecule has 0 bridgehead atoms. The van der Waals surface area contributed by atoms with Gasteiger partial charge < -0.3 is 15.1 Å². The summed E-state index contributed by atoms with van der Waals surface area (Å²) < 4.78 is 0. The highest BCUT2D eigenvalue weighted by molar-refractivity contribution is 5.85. The van der Waals surface area contributed by atoms with Gasteiger partial charge in [0, 0.05) is 70.1 Å². The number of piperazine rings is 1. The van der Waals surface area contributed by atoms with Crippen LogP contribution >= 0.6 is 0 Å². The van der Waals surface area contributed by atoms with Crippen LogP contribution in [0.4, 0.5) is 5.82 Å². The number of likely N-dealkylation sites (N-methyl/N-ethyl adjacent to an activating group) is 1. The molecule has 0 spiro atoms. The van der Waals surface area contributed by atoms with Gasteiger partial charge in [-0.2, -0.15) is 0 Å². The first-order chi connectivity index (χ1) is 14.2. The smallest absolute Gasteiger partial charge is 0.129 e. The Labute approximate surface area is 175 Å². The van der Waals surface area contributed by atoms with Crippen molar-refractivity contribution >= 4 is 17.0 Å². The summed E-state index contributed by atoms with van der Waals surface area (Å²) in [6.45, 7) is 8.14. The molecular weight excluding hydrogens is 358 g/mol. The molecule has 2 aromatic rings. The predicted molar refractivity (Wildman–Crippen MR) is 123 cm³/mol. The molecule has 152 valence electrons. The summed E-state index contributed by atoms with van der Waals surface area (Å²) in [5.74, 6) is 1.06. The fraction of sp³-hybridized carbons (Fsp3) is 0.333. The first-order valence-electron chi connectivity index (χ1n) is 10.3. The molecule has 1 N–H and O–H groups in total. The molecule has 0 aromatic carbocycles. The van der Waals surface area contributed by atoms with Gasteiger partial charge in [-0.3, -0.25) is 4.98 Å². The number of pyridine rings is 2. The Bertz CT molecular complexity index is 958. The normalized spacial score (nSPS) is 17.5. The first-order valence-corrected chi connectivity index (χ1v) is 10.3. The monoisotopic (exact) mass is 389 g/mol. The van der Waals surface area contributed by atoms with E-state index < -0.39 is 0 Å². The molecule has 1 aliphatic heterocycles. The standard InChI is InChI=1S/C24H29N5.H2/c1-4-18(16-25-2)20-14-22-21(6-5-7-23(22)27-17-20)19-8-9-26-24(15-19)29-12-10-28(3)11-13-29;/h4,6,8-9,14-17,25H,1,5,7,10-13H2,2-3H3;1H/b18-16+;. The highest BCUT2D eigenvalue weighted by Crippen LogP contribution is 2.33. The third-order valence-electron chi connectivity index (χ3n) is 5.73. The maximum Gasteiger partial charge on any atom is 0.129 e. The van der Waals surface area contributed by atoms with Crippen molar-refractivity contribution in [2.24, 2.45) is 0 Å². The Balaban J connectivity index is 0.00000256. The first kappa shape index (κ1) is 19.4. The van der Waals surface area contributed by atoms with Crippen molar-refractivity contribution in [2.45, 2.75) is 12.8 Å². The second kappa shape index (κ2) is 8.62. The van der Waals surface area contributed by atoms with E-state index in [4.69, 9.17) is 4.98 Å². The van der Waals surface area contributed by atoms with E-state index in [0.29, 0.717) is 0 Å². The van der Waals surface area contributed by atoms with Crippen LogP contribution in [0.1, 0.15) is 30.2 Å². The van der Waals surface area contributed by atoms with Gasteiger partial charge in [-0.25, -0.2) is 4.98 Å². The minimum Gasteiger partial charge on any atom is -0.393 e. The van der Waals surface area contributed by atoms with Gasteiger partial charge in [-0.15, -0.1) is 0 Å². The minimum absolute atomic E-state index is 0. The zero-order valence-electron chi connectivity index (χ0n) is 17.4. The van der Waals surface area contributed by atoms with Crippen molar-refractivity contribution in [2.75, 3.05) is 45.2 Å². The molecule has 1 fully saturated rings. The molecule has 1 saturated heterocycles. The van der Waals surface area contributed by atoms with E-state index in [1.54, 1.807) is 0 Å². The van der Waals surface area contributed by atoms with Crippen molar-refractivity contribution in [1.82, 2.24) is 20.2 Å². The molecule has 0 unspecified atom stereocenters. The number of nitrogens with zero attached hydrogens (tertiary/aromatic N) is 4. The minimum atomic E-state index is 0. The molecule has 2 aliphatic rings. The number of hydrogen-bond acceptors (Lipinski definition) is 5. The van der Waals surface area contributed by atoms with E-state index in [-0.39, 0.29) is 1.43 Å². The van der Waals surface area contributed by atoms with Crippen LogP contribution in [0.5, 0.6) is 0 Å². The maximum atomic E-state index is 4.78. The summed E-state index contributed by atoms with van der Waals surface area (Å²) in [6.07, 6.45) is 12.0. The molecule has 0 saturated carbocycles. The number of rotatable bonds is 5. The topological polar surface area (TPSA) is 44.3 Å². The summed E-state index contributed by atoms with van der Waals surface area (Å²) in [7, 11) is 4.08. The van der Waals surface area contributed by atoms with Crippen LogP contribution in [-0.4, -0.2) is 55.1 Å². The number of fused-ring (bicyclic) bond motifs is 1. The Hall–Kier alpha value is -2.92. The van der Waals surface area contributed by atoms with Crippen molar-refractivity contribution in [3.05, 3.63) is 77.9 Å². The van der Waals surface area contributed by atoms with Crippen LogP contribution in [0.25, 0.3) is 11.1 Å². The SMILES string of the molecule is C=C/C(=C\NC)c1cnc2c(c1)C(c1ccnc(N3CCN(C)CC3)c1)=CCC2.[HH]. The molecular formula is C24H31N5. The Kier molecular flexibility index (Phi) is 5.76. The van der Waals surface area contributed by atoms with Crippen molar-refractivity contribution in [3.8, 4) is 0 Å². The van der Waals surface area contributed by atoms with E-state index in [2.05, 4.69) is 58.0 Å². The van der Waals surface area contributed by atoms with Crippen molar-refractivity contribution in [1.29, 1.82) is 0 Å². The average Bonchev–Trinajstić information content (AvgIpc) is 2.77. The third-order valence-corrected chi connectivity index (χ3v) is 5.73. The van der Waals surface area contributed by atoms with Gasteiger partial charge >= 0.3 is 0 Å². The molecule has 2 aromatic heterocycles. The molecule has 0 radical (unpaired) electrons. The quantitative estimate of drug-likeness (QED) is 0.792. The molecule has 5 nitrogen and oxygen atoms in total. The number of anilines is 1. The number of hydrogen-bond donors (Lipinski definition) is 1. The van der Waals surface area contributed by atoms with Gasteiger partial charge in [-0.1, -0.05) is 18.7 Å². The number of aryl methyl sites for hydroxylation is 1. The molecule has 4 rings (SSSR count). The van der Waals surface area contributed by atoms with Crippen LogP contribution < -0.4 is 10.2 Å². The zero-order chi connectivity index (χ0) is 20.2. The lowest BCUT2D eigenvalue weighted by Crippen LogP contribution is -2.44. The summed E-state index contributed by atoms with van der Waals surface area (Å²) >= 11 is 0. The van der Waals surface area contributed by atoms with Crippen LogP contribution in [0.2, 0.25) is 0 Å². The highest BCUT2D eigenvalue weighted by Gasteiger charge is 2.19. The lowest BCUT2D eigenvalue weighted by atomic mass is 9.88. The number of allylic oxidation sites excluding steroid dienone is 3. The molecule has 0 atom stereocenters. The van der Waals surface area contributed by atoms with E-state index in [9.17, 15) is 0 Å². The van der Waals surface area contributed by atoms with E-state index >= 15 is 0 Å². The van der Waals surface area contributed by atoms with Crippen LogP contribution in [0.15, 0.2) is 55.5 Å². The fourth-order valence-corrected chi connectivity index (χ4v) is 4.03. The van der Waals surface area contributed by atoms with Crippen molar-refractivity contribution < 1.29 is 1.43 Å². The van der Waals surface area contributed by atoms with Gasteiger partial charge in [0.15, 0.2) is 0 Å². The van der Waals surface area contributed by atoms with Gasteiger partial charge in [0.2, 0.25) is 0 Å². The lowest BCUT2D eigenvalue weighted by molar-refractivity contribution is 0.312. The van der Waals surface area contributed by atoms with Gasteiger partial charge in [-0.05, 0) is 54.8 Å². The largest absolute Gasteiger partial charge is 0.393 e. The Morgan fingerprint density at radius 2 is 2.03 bits per heavy atom. The average molecular weight is 390 g/mol. The summed E-state index contributed by atoms with van der Waals surface area (Å²) in [5, 5.41) is 3.09. The van der Waals surface area contributed by atoms with Crippen LogP contribution in [0, 0.1) is 0 Å². The second-order valence-corrected chi connectivity index (χ2v) is 7.66. The van der Waals surface area contributed by atoms with Gasteiger partial charge in [0.1, 0.15) is 5.82 Å².